The zero-order valence-electron chi connectivity index (χ0n) is 7.47. The predicted molar refractivity (Wildman–Crippen MR) is 44.5 cm³/mol. The Hall–Kier alpha value is -0.0800. The van der Waals surface area contributed by atoms with Crippen LogP contribution in [0.3, 0.4) is 0 Å². The van der Waals surface area contributed by atoms with E-state index in [0.29, 0.717) is 0 Å². The van der Waals surface area contributed by atoms with Crippen LogP contribution >= 0.6 is 0 Å². The molecule has 1 aliphatic heterocycles. The van der Waals surface area contributed by atoms with Gasteiger partial charge >= 0.3 is 0 Å². The molecule has 0 aromatic rings. The van der Waals surface area contributed by atoms with Gasteiger partial charge in [-0.25, -0.2) is 0 Å². The summed E-state index contributed by atoms with van der Waals surface area (Å²) in [4.78, 5) is 0. The topological polar surface area (TPSA) is 29.5 Å². The third kappa shape index (κ3) is 1.74. The molecule has 0 spiro atoms. The van der Waals surface area contributed by atoms with Gasteiger partial charge in [0, 0.05) is 6.61 Å². The molecule has 1 aliphatic rings. The lowest BCUT2D eigenvalue weighted by atomic mass is 9.89. The Labute approximate surface area is 68.6 Å². The van der Waals surface area contributed by atoms with Gasteiger partial charge in [-0.2, -0.15) is 0 Å². The molecule has 0 aromatic heterocycles. The highest BCUT2D eigenvalue weighted by atomic mass is 16.5. The Morgan fingerprint density at radius 1 is 1.45 bits per heavy atom. The minimum atomic E-state index is -0.559. The number of hydrogen-bond acceptors (Lipinski definition) is 2. The van der Waals surface area contributed by atoms with Crippen LogP contribution in [0.25, 0.3) is 0 Å². The Morgan fingerprint density at radius 2 is 2.09 bits per heavy atom. The Balaban J connectivity index is 2.52. The highest BCUT2D eigenvalue weighted by molar-refractivity contribution is 4.87. The van der Waals surface area contributed by atoms with Crippen LogP contribution in [0.1, 0.15) is 39.5 Å². The summed E-state index contributed by atoms with van der Waals surface area (Å²) in [5, 5.41) is 10.0. The van der Waals surface area contributed by atoms with E-state index in [4.69, 9.17) is 4.74 Å². The second-order valence-electron chi connectivity index (χ2n) is 3.31. The fourth-order valence-electron chi connectivity index (χ4n) is 1.71. The van der Waals surface area contributed by atoms with Gasteiger partial charge in [0.2, 0.25) is 0 Å². The molecule has 1 saturated heterocycles. The molecular formula is C9H18O2. The minimum absolute atomic E-state index is 0.0949. The molecule has 0 bridgehead atoms. The summed E-state index contributed by atoms with van der Waals surface area (Å²) >= 11 is 0. The van der Waals surface area contributed by atoms with E-state index >= 15 is 0 Å². The molecule has 1 rings (SSSR count). The fourth-order valence-corrected chi connectivity index (χ4v) is 1.71. The monoisotopic (exact) mass is 158 g/mol. The van der Waals surface area contributed by atoms with Crippen molar-refractivity contribution >= 4 is 0 Å². The van der Waals surface area contributed by atoms with E-state index in [0.717, 1.165) is 32.3 Å². The van der Waals surface area contributed by atoms with Crippen LogP contribution in [0.15, 0.2) is 0 Å². The molecule has 0 radical (unpaired) electrons. The van der Waals surface area contributed by atoms with Crippen LogP contribution in [-0.2, 0) is 4.74 Å². The van der Waals surface area contributed by atoms with Crippen LogP contribution < -0.4 is 0 Å². The third-order valence-corrected chi connectivity index (χ3v) is 2.75. The summed E-state index contributed by atoms with van der Waals surface area (Å²) in [6.07, 6.45) is 3.82. The summed E-state index contributed by atoms with van der Waals surface area (Å²) in [5.41, 5.74) is -0.559. The molecule has 11 heavy (non-hydrogen) atoms. The molecule has 1 atom stereocenters. The maximum atomic E-state index is 10.0. The normalized spacial score (nSPS) is 25.9. The Morgan fingerprint density at radius 3 is 2.45 bits per heavy atom. The van der Waals surface area contributed by atoms with Crippen molar-refractivity contribution in [2.45, 2.75) is 51.2 Å². The molecule has 2 heteroatoms. The maximum absolute atomic E-state index is 10.0. The van der Waals surface area contributed by atoms with Crippen molar-refractivity contribution in [2.75, 3.05) is 6.61 Å². The lowest BCUT2D eigenvalue weighted by Gasteiger charge is -2.30. The highest BCUT2D eigenvalue weighted by Crippen LogP contribution is 2.29. The first kappa shape index (κ1) is 9.01. The standard InChI is InChI=1S/C9H18O2/c1-3-9(10,4-2)8-6-5-7-11-8/h8,10H,3-7H2,1-2H3. The van der Waals surface area contributed by atoms with Gasteiger partial charge in [-0.15, -0.1) is 0 Å². The van der Waals surface area contributed by atoms with Crippen molar-refractivity contribution in [3.05, 3.63) is 0 Å². The molecule has 1 fully saturated rings. The number of ether oxygens (including phenoxy) is 1. The van der Waals surface area contributed by atoms with Crippen molar-refractivity contribution in [3.8, 4) is 0 Å². The molecule has 0 amide bonds. The molecule has 0 aliphatic carbocycles. The van der Waals surface area contributed by atoms with Crippen molar-refractivity contribution < 1.29 is 9.84 Å². The zero-order chi connectivity index (χ0) is 8.32. The van der Waals surface area contributed by atoms with Gasteiger partial charge in [0.15, 0.2) is 0 Å². The van der Waals surface area contributed by atoms with E-state index in [2.05, 4.69) is 0 Å². The van der Waals surface area contributed by atoms with Gasteiger partial charge in [-0.1, -0.05) is 13.8 Å². The molecule has 0 aromatic carbocycles. The molecular weight excluding hydrogens is 140 g/mol. The van der Waals surface area contributed by atoms with Gasteiger partial charge in [0.05, 0.1) is 11.7 Å². The van der Waals surface area contributed by atoms with Crippen LogP contribution in [0, 0.1) is 0 Å². The van der Waals surface area contributed by atoms with Crippen LogP contribution in [0.5, 0.6) is 0 Å². The Bertz CT molecular complexity index is 113. The van der Waals surface area contributed by atoms with E-state index in [-0.39, 0.29) is 6.10 Å². The summed E-state index contributed by atoms with van der Waals surface area (Å²) in [5.74, 6) is 0. The van der Waals surface area contributed by atoms with Crippen LogP contribution in [-0.4, -0.2) is 23.4 Å². The average Bonchev–Trinajstić information content (AvgIpc) is 2.55. The fraction of sp³-hybridized carbons (Fsp3) is 1.00. The summed E-state index contributed by atoms with van der Waals surface area (Å²) < 4.78 is 5.45. The van der Waals surface area contributed by atoms with E-state index in [9.17, 15) is 5.11 Å². The number of aliphatic hydroxyl groups is 1. The highest BCUT2D eigenvalue weighted by Gasteiger charge is 2.36. The van der Waals surface area contributed by atoms with Gasteiger partial charge < -0.3 is 9.84 Å². The second-order valence-corrected chi connectivity index (χ2v) is 3.31. The summed E-state index contributed by atoms with van der Waals surface area (Å²) in [6.45, 7) is 4.86. The quantitative estimate of drug-likeness (QED) is 0.677. The lowest BCUT2D eigenvalue weighted by Crippen LogP contribution is -2.40. The first-order valence-corrected chi connectivity index (χ1v) is 4.57. The smallest absolute Gasteiger partial charge is 0.0903 e. The first-order valence-electron chi connectivity index (χ1n) is 4.57. The van der Waals surface area contributed by atoms with Gasteiger partial charge in [0.1, 0.15) is 0 Å². The van der Waals surface area contributed by atoms with Gasteiger partial charge in [0.25, 0.3) is 0 Å². The molecule has 1 unspecified atom stereocenters. The maximum Gasteiger partial charge on any atom is 0.0903 e. The second kappa shape index (κ2) is 3.55. The van der Waals surface area contributed by atoms with Gasteiger partial charge in [-0.3, -0.25) is 0 Å². The molecule has 0 saturated carbocycles. The third-order valence-electron chi connectivity index (χ3n) is 2.75. The van der Waals surface area contributed by atoms with E-state index in [1.807, 2.05) is 13.8 Å². The SMILES string of the molecule is CCC(O)(CC)C1CCCO1. The molecule has 66 valence electrons. The van der Waals surface area contributed by atoms with Gasteiger partial charge in [-0.05, 0) is 25.7 Å². The van der Waals surface area contributed by atoms with Crippen molar-refractivity contribution in [2.24, 2.45) is 0 Å². The van der Waals surface area contributed by atoms with Crippen molar-refractivity contribution in [3.63, 3.8) is 0 Å². The minimum Gasteiger partial charge on any atom is -0.387 e. The molecule has 2 nitrogen and oxygen atoms in total. The number of hydrogen-bond donors (Lipinski definition) is 1. The summed E-state index contributed by atoms with van der Waals surface area (Å²) in [6, 6.07) is 0. The van der Waals surface area contributed by atoms with Crippen molar-refractivity contribution in [1.82, 2.24) is 0 Å². The number of rotatable bonds is 3. The first-order chi connectivity index (χ1) is 5.23. The largest absolute Gasteiger partial charge is 0.387 e. The Kier molecular flexibility index (Phi) is 2.90. The summed E-state index contributed by atoms with van der Waals surface area (Å²) in [7, 11) is 0. The van der Waals surface area contributed by atoms with E-state index in [1.165, 1.54) is 0 Å². The average molecular weight is 158 g/mol. The molecule has 1 N–H and O–H groups in total. The molecule has 1 heterocycles. The van der Waals surface area contributed by atoms with Crippen molar-refractivity contribution in [1.29, 1.82) is 0 Å². The van der Waals surface area contributed by atoms with E-state index in [1.54, 1.807) is 0 Å². The van der Waals surface area contributed by atoms with Crippen LogP contribution in [0.4, 0.5) is 0 Å². The van der Waals surface area contributed by atoms with E-state index < -0.39 is 5.60 Å². The predicted octanol–water partition coefficient (Wildman–Crippen LogP) is 1.72. The zero-order valence-corrected chi connectivity index (χ0v) is 7.47. The lowest BCUT2D eigenvalue weighted by molar-refractivity contribution is -0.0889. The van der Waals surface area contributed by atoms with Crippen LogP contribution in [0.2, 0.25) is 0 Å².